The van der Waals surface area contributed by atoms with E-state index in [2.05, 4.69) is 55.0 Å². The van der Waals surface area contributed by atoms with Gasteiger partial charge >= 0.3 is 5.69 Å². The normalized spacial score (nSPS) is 11.3. The lowest BCUT2D eigenvalue weighted by molar-refractivity contribution is 0.643. The number of benzene rings is 2. The summed E-state index contributed by atoms with van der Waals surface area (Å²) < 4.78 is 3.05. The molecule has 1 heterocycles. The number of nitrogens with zero attached hydrogens (tertiary/aromatic N) is 1. The molecule has 1 aromatic heterocycles. The lowest BCUT2D eigenvalue weighted by Gasteiger charge is -2.15. The average Bonchev–Trinajstić information content (AvgIpc) is 2.56. The van der Waals surface area contributed by atoms with E-state index < -0.39 is 5.69 Å². The molecule has 3 rings (SSSR count). The lowest BCUT2D eigenvalue weighted by atomic mass is 10.1. The lowest BCUT2D eigenvalue weighted by Crippen LogP contribution is -2.38. The zero-order valence-corrected chi connectivity index (χ0v) is 20.7. The van der Waals surface area contributed by atoms with Crippen molar-refractivity contribution in [3.05, 3.63) is 88.4 Å². The van der Waals surface area contributed by atoms with Crippen molar-refractivity contribution in [3.63, 3.8) is 0 Å². The van der Waals surface area contributed by atoms with Gasteiger partial charge in [0, 0.05) is 13.8 Å². The minimum atomic E-state index is -0.401. The van der Waals surface area contributed by atoms with Crippen LogP contribution in [0.15, 0.2) is 64.9 Å². The van der Waals surface area contributed by atoms with Crippen LogP contribution in [0.25, 0.3) is 0 Å². The zero-order valence-electron chi connectivity index (χ0n) is 16.7. The summed E-state index contributed by atoms with van der Waals surface area (Å²) in [5, 5.41) is 0.617. The van der Waals surface area contributed by atoms with E-state index in [1.165, 1.54) is 16.3 Å². The van der Waals surface area contributed by atoms with Crippen LogP contribution in [-0.4, -0.2) is 9.55 Å². The molecule has 4 nitrogen and oxygen atoms in total. The van der Waals surface area contributed by atoms with Crippen molar-refractivity contribution in [1.29, 1.82) is 0 Å². The molecule has 0 saturated heterocycles. The van der Waals surface area contributed by atoms with E-state index in [4.69, 9.17) is 0 Å². The maximum Gasteiger partial charge on any atom is 0.329 e. The quantitative estimate of drug-likeness (QED) is 0.406. The van der Waals surface area contributed by atoms with Gasteiger partial charge in [0.25, 0.3) is 5.56 Å². The molecule has 0 fully saturated rings. The SMILES string of the molecule is Cc1cc(C)cc(Sc2[nH]c(=O)n(Cc3cc(Br)cc(Br)c3)c(=O)c2C(C)C)c1. The van der Waals surface area contributed by atoms with Crippen LogP contribution >= 0.6 is 43.6 Å². The molecule has 0 aliphatic carbocycles. The molecule has 29 heavy (non-hydrogen) atoms. The van der Waals surface area contributed by atoms with Gasteiger partial charge in [0.15, 0.2) is 0 Å². The fraction of sp³-hybridized carbons (Fsp3) is 0.273. The number of aryl methyl sites for hydroxylation is 2. The Morgan fingerprint density at radius 1 is 0.966 bits per heavy atom. The van der Waals surface area contributed by atoms with Crippen molar-refractivity contribution in [3.8, 4) is 0 Å². The number of hydrogen-bond donors (Lipinski definition) is 1. The van der Waals surface area contributed by atoms with E-state index in [9.17, 15) is 9.59 Å². The molecular formula is C22H22Br2N2O2S. The van der Waals surface area contributed by atoms with Gasteiger partial charge in [0.2, 0.25) is 0 Å². The molecule has 0 aliphatic rings. The Hall–Kier alpha value is -1.57. The highest BCUT2D eigenvalue weighted by Crippen LogP contribution is 2.31. The van der Waals surface area contributed by atoms with E-state index in [0.717, 1.165) is 30.5 Å². The van der Waals surface area contributed by atoms with Gasteiger partial charge in [-0.05, 0) is 66.8 Å². The van der Waals surface area contributed by atoms with Crippen molar-refractivity contribution >= 4 is 43.6 Å². The Morgan fingerprint density at radius 2 is 1.55 bits per heavy atom. The van der Waals surface area contributed by atoms with Crippen LogP contribution in [0.1, 0.15) is 42.0 Å². The summed E-state index contributed by atoms with van der Waals surface area (Å²) in [6, 6.07) is 12.0. The first-order valence-corrected chi connectivity index (χ1v) is 11.6. The van der Waals surface area contributed by atoms with Crippen LogP contribution in [0, 0.1) is 13.8 Å². The van der Waals surface area contributed by atoms with Crippen LogP contribution in [-0.2, 0) is 6.54 Å². The first-order valence-electron chi connectivity index (χ1n) is 9.22. The van der Waals surface area contributed by atoms with Gasteiger partial charge in [-0.15, -0.1) is 0 Å². The summed E-state index contributed by atoms with van der Waals surface area (Å²) in [7, 11) is 0. The molecule has 0 amide bonds. The van der Waals surface area contributed by atoms with Crippen molar-refractivity contribution < 1.29 is 0 Å². The van der Waals surface area contributed by atoms with Crippen LogP contribution in [0.4, 0.5) is 0 Å². The van der Waals surface area contributed by atoms with Crippen LogP contribution in [0.5, 0.6) is 0 Å². The predicted molar refractivity (Wildman–Crippen MR) is 126 cm³/mol. The van der Waals surface area contributed by atoms with Crippen molar-refractivity contribution in [2.24, 2.45) is 0 Å². The Morgan fingerprint density at radius 3 is 2.10 bits per heavy atom. The third kappa shape index (κ3) is 5.32. The van der Waals surface area contributed by atoms with E-state index in [1.54, 1.807) is 0 Å². The summed E-state index contributed by atoms with van der Waals surface area (Å²) in [6.07, 6.45) is 0. The fourth-order valence-corrected chi connectivity index (χ4v) is 5.98. The zero-order chi connectivity index (χ0) is 21.3. The molecule has 152 valence electrons. The summed E-state index contributed by atoms with van der Waals surface area (Å²) in [5.41, 5.74) is 3.14. The third-order valence-electron chi connectivity index (χ3n) is 4.44. The molecule has 0 atom stereocenters. The topological polar surface area (TPSA) is 54.9 Å². The van der Waals surface area contributed by atoms with Crippen molar-refractivity contribution in [2.45, 2.75) is 50.1 Å². The minimum Gasteiger partial charge on any atom is -0.301 e. The summed E-state index contributed by atoms with van der Waals surface area (Å²) in [5.74, 6) is -0.0201. The highest BCUT2D eigenvalue weighted by atomic mass is 79.9. The van der Waals surface area contributed by atoms with Crippen molar-refractivity contribution in [1.82, 2.24) is 9.55 Å². The van der Waals surface area contributed by atoms with Gasteiger partial charge in [0.1, 0.15) is 0 Å². The van der Waals surface area contributed by atoms with Crippen LogP contribution in [0.3, 0.4) is 0 Å². The highest BCUT2D eigenvalue weighted by molar-refractivity contribution is 9.11. The van der Waals surface area contributed by atoms with Crippen molar-refractivity contribution in [2.75, 3.05) is 0 Å². The molecule has 7 heteroatoms. The standard InChI is InChI=1S/C22H22Br2N2O2S/c1-12(2)19-20(29-18-6-13(3)5-14(4)7-18)25-22(28)26(21(19)27)11-15-8-16(23)10-17(24)9-15/h5-10,12H,11H2,1-4H3,(H,25,28). The molecule has 0 unspecified atom stereocenters. The summed E-state index contributed by atoms with van der Waals surface area (Å²) in [6.45, 7) is 8.23. The monoisotopic (exact) mass is 536 g/mol. The van der Waals surface area contributed by atoms with E-state index in [0.29, 0.717) is 10.6 Å². The molecular weight excluding hydrogens is 516 g/mol. The number of nitrogens with one attached hydrogen (secondary N) is 1. The van der Waals surface area contributed by atoms with E-state index in [-0.39, 0.29) is 18.0 Å². The van der Waals surface area contributed by atoms with E-state index in [1.807, 2.05) is 45.9 Å². The van der Waals surface area contributed by atoms with Gasteiger partial charge in [-0.3, -0.25) is 9.36 Å². The number of H-pyrrole nitrogens is 1. The second-order valence-electron chi connectivity index (χ2n) is 7.42. The third-order valence-corrected chi connectivity index (χ3v) is 6.35. The molecule has 0 aliphatic heterocycles. The van der Waals surface area contributed by atoms with Gasteiger partial charge in [0.05, 0.1) is 17.1 Å². The predicted octanol–water partition coefficient (Wildman–Crippen LogP) is 6.00. The molecule has 2 aromatic carbocycles. The second-order valence-corrected chi connectivity index (χ2v) is 10.3. The molecule has 0 saturated carbocycles. The largest absolute Gasteiger partial charge is 0.329 e. The van der Waals surface area contributed by atoms with Gasteiger partial charge < -0.3 is 4.98 Å². The molecule has 0 radical (unpaired) electrons. The first-order chi connectivity index (χ1) is 13.6. The Balaban J connectivity index is 2.08. The molecule has 1 N–H and O–H groups in total. The number of rotatable bonds is 5. The molecule has 0 bridgehead atoms. The first kappa shape index (κ1) is 22.1. The maximum atomic E-state index is 13.3. The number of hydrogen-bond acceptors (Lipinski definition) is 3. The Bertz CT molecular complexity index is 1140. The highest BCUT2D eigenvalue weighted by Gasteiger charge is 2.18. The van der Waals surface area contributed by atoms with Gasteiger partial charge in [-0.25, -0.2) is 4.79 Å². The minimum absolute atomic E-state index is 0.0201. The molecule has 3 aromatic rings. The Kier molecular flexibility index (Phi) is 6.91. The fourth-order valence-electron chi connectivity index (χ4n) is 3.29. The van der Waals surface area contributed by atoms with E-state index >= 15 is 0 Å². The maximum absolute atomic E-state index is 13.3. The second kappa shape index (κ2) is 9.06. The average molecular weight is 538 g/mol. The van der Waals surface area contributed by atoms with Crippen LogP contribution < -0.4 is 11.2 Å². The number of aromatic nitrogens is 2. The smallest absolute Gasteiger partial charge is 0.301 e. The van der Waals surface area contributed by atoms with Crippen LogP contribution in [0.2, 0.25) is 0 Å². The van der Waals surface area contributed by atoms with Gasteiger partial charge in [-0.1, -0.05) is 63.5 Å². The Labute approximate surface area is 191 Å². The summed E-state index contributed by atoms with van der Waals surface area (Å²) >= 11 is 8.34. The number of aromatic amines is 1. The summed E-state index contributed by atoms with van der Waals surface area (Å²) in [4.78, 5) is 30.0. The molecule has 0 spiro atoms. The van der Waals surface area contributed by atoms with Gasteiger partial charge in [-0.2, -0.15) is 0 Å². The number of halogens is 2.